The van der Waals surface area contributed by atoms with Crippen molar-refractivity contribution in [1.82, 2.24) is 0 Å². The highest BCUT2D eigenvalue weighted by Gasteiger charge is 2.17. The van der Waals surface area contributed by atoms with Crippen LogP contribution in [0.15, 0.2) is 60.3 Å². The number of Topliss-reactive ketones (excluding diaryl/α,β-unsaturated/α-hetero) is 1. The number of carbonyl (C=O) groups is 1. The van der Waals surface area contributed by atoms with Crippen LogP contribution < -0.4 is 10.5 Å². The average Bonchev–Trinajstić information content (AvgIpc) is 2.61. The van der Waals surface area contributed by atoms with Gasteiger partial charge in [0.2, 0.25) is 0 Å². The van der Waals surface area contributed by atoms with Crippen molar-refractivity contribution in [2.24, 2.45) is 5.73 Å². The summed E-state index contributed by atoms with van der Waals surface area (Å²) >= 11 is 0. The summed E-state index contributed by atoms with van der Waals surface area (Å²) in [6.07, 6.45) is 2.44. The smallest absolute Gasteiger partial charge is 0.177 e. The molecule has 0 saturated heterocycles. The zero-order valence-electron chi connectivity index (χ0n) is 14.7. The second-order valence-electron chi connectivity index (χ2n) is 6.09. The molecule has 0 fully saturated rings. The Labute approximate surface area is 148 Å². The SMILES string of the molecule is CCC(Oc1ccccc1)C(=O)C/C=C(\N)Cc1ccc(C)cc1O. The van der Waals surface area contributed by atoms with E-state index in [1.165, 1.54) is 0 Å². The van der Waals surface area contributed by atoms with Crippen molar-refractivity contribution < 1.29 is 14.6 Å². The normalized spacial score (nSPS) is 12.6. The summed E-state index contributed by atoms with van der Waals surface area (Å²) in [6.45, 7) is 3.84. The predicted octanol–water partition coefficient (Wildman–Crippen LogP) is 3.90. The molecule has 1 atom stereocenters. The van der Waals surface area contributed by atoms with Gasteiger partial charge in [0.1, 0.15) is 11.5 Å². The van der Waals surface area contributed by atoms with Crippen molar-refractivity contribution in [2.75, 3.05) is 0 Å². The molecule has 4 nitrogen and oxygen atoms in total. The number of carbonyl (C=O) groups excluding carboxylic acids is 1. The maximum absolute atomic E-state index is 12.4. The topological polar surface area (TPSA) is 72.5 Å². The van der Waals surface area contributed by atoms with Crippen LogP contribution in [-0.4, -0.2) is 17.0 Å². The highest BCUT2D eigenvalue weighted by Crippen LogP contribution is 2.20. The van der Waals surface area contributed by atoms with Crippen molar-refractivity contribution in [2.45, 2.75) is 39.2 Å². The molecule has 132 valence electrons. The van der Waals surface area contributed by atoms with Crippen LogP contribution >= 0.6 is 0 Å². The van der Waals surface area contributed by atoms with E-state index in [2.05, 4.69) is 0 Å². The molecule has 0 heterocycles. The van der Waals surface area contributed by atoms with Crippen LogP contribution in [0.1, 0.15) is 30.9 Å². The number of ketones is 1. The van der Waals surface area contributed by atoms with Crippen LogP contribution in [-0.2, 0) is 11.2 Å². The van der Waals surface area contributed by atoms with Crippen LogP contribution in [0.5, 0.6) is 11.5 Å². The van der Waals surface area contributed by atoms with Gasteiger partial charge >= 0.3 is 0 Å². The van der Waals surface area contributed by atoms with Gasteiger partial charge < -0.3 is 15.6 Å². The molecule has 0 radical (unpaired) electrons. The molecule has 0 amide bonds. The number of hydrogen-bond acceptors (Lipinski definition) is 4. The molecule has 2 rings (SSSR count). The minimum absolute atomic E-state index is 0.0116. The Bertz CT molecular complexity index is 738. The Morgan fingerprint density at radius 2 is 1.96 bits per heavy atom. The predicted molar refractivity (Wildman–Crippen MR) is 99.6 cm³/mol. The third kappa shape index (κ3) is 5.68. The number of hydrogen-bond donors (Lipinski definition) is 2. The van der Waals surface area contributed by atoms with Crippen molar-refractivity contribution in [3.05, 3.63) is 71.4 Å². The standard InChI is InChI=1S/C21H25NO3/c1-3-21(25-18-7-5-4-6-8-18)19(23)12-11-17(22)14-16-10-9-15(2)13-20(16)24/h4-11,13,21,24H,3,12,14,22H2,1-2H3/b17-11-. The Balaban J connectivity index is 1.95. The van der Waals surface area contributed by atoms with Crippen LogP contribution in [0.2, 0.25) is 0 Å². The molecule has 25 heavy (non-hydrogen) atoms. The lowest BCUT2D eigenvalue weighted by atomic mass is 10.0. The first kappa shape index (κ1) is 18.6. The van der Waals surface area contributed by atoms with Crippen molar-refractivity contribution in [3.8, 4) is 11.5 Å². The summed E-state index contributed by atoms with van der Waals surface area (Å²) in [5.41, 5.74) is 8.31. The van der Waals surface area contributed by atoms with E-state index in [0.717, 1.165) is 11.1 Å². The van der Waals surface area contributed by atoms with Crippen molar-refractivity contribution >= 4 is 5.78 Å². The molecule has 0 bridgehead atoms. The second kappa shape index (κ2) is 8.92. The fraction of sp³-hybridized carbons (Fsp3) is 0.286. The molecule has 3 N–H and O–H groups in total. The van der Waals surface area contributed by atoms with Gasteiger partial charge in [0.25, 0.3) is 0 Å². The summed E-state index contributed by atoms with van der Waals surface area (Å²) in [6, 6.07) is 14.8. The lowest BCUT2D eigenvalue weighted by Gasteiger charge is -2.15. The lowest BCUT2D eigenvalue weighted by Crippen LogP contribution is -2.26. The van der Waals surface area contributed by atoms with Crippen LogP contribution in [0, 0.1) is 6.92 Å². The third-order valence-corrected chi connectivity index (χ3v) is 3.95. The highest BCUT2D eigenvalue weighted by molar-refractivity contribution is 5.84. The molecule has 4 heteroatoms. The fourth-order valence-electron chi connectivity index (χ4n) is 2.52. The Kier molecular flexibility index (Phi) is 6.63. The number of aryl methyl sites for hydroxylation is 1. The molecule has 0 spiro atoms. The zero-order valence-corrected chi connectivity index (χ0v) is 14.7. The minimum atomic E-state index is -0.487. The van der Waals surface area contributed by atoms with E-state index < -0.39 is 6.10 Å². The first-order chi connectivity index (χ1) is 12.0. The largest absolute Gasteiger partial charge is 0.508 e. The monoisotopic (exact) mass is 339 g/mol. The molecule has 2 aromatic rings. The average molecular weight is 339 g/mol. The minimum Gasteiger partial charge on any atom is -0.508 e. The molecule has 0 aliphatic heterocycles. The van der Waals surface area contributed by atoms with E-state index in [1.807, 2.05) is 56.3 Å². The number of aromatic hydroxyl groups is 1. The molecule has 0 saturated carbocycles. The van der Waals surface area contributed by atoms with Gasteiger partial charge in [0, 0.05) is 18.5 Å². The molecule has 0 aromatic heterocycles. The van der Waals surface area contributed by atoms with Gasteiger partial charge in [0.15, 0.2) is 11.9 Å². The summed E-state index contributed by atoms with van der Waals surface area (Å²) in [7, 11) is 0. The van der Waals surface area contributed by atoms with Gasteiger partial charge in [-0.25, -0.2) is 0 Å². The number of phenols is 1. The summed E-state index contributed by atoms with van der Waals surface area (Å²) in [5.74, 6) is 0.896. The van der Waals surface area contributed by atoms with Crippen LogP contribution in [0.3, 0.4) is 0 Å². The van der Waals surface area contributed by atoms with Crippen molar-refractivity contribution in [1.29, 1.82) is 0 Å². The maximum atomic E-state index is 12.4. The fourth-order valence-corrected chi connectivity index (χ4v) is 2.52. The molecule has 0 aliphatic carbocycles. The molecular weight excluding hydrogens is 314 g/mol. The number of ether oxygens (including phenoxy) is 1. The van der Waals surface area contributed by atoms with Gasteiger partial charge in [0.05, 0.1) is 0 Å². The first-order valence-electron chi connectivity index (χ1n) is 8.47. The van der Waals surface area contributed by atoms with Crippen LogP contribution in [0.4, 0.5) is 0 Å². The van der Waals surface area contributed by atoms with Gasteiger partial charge in [-0.15, -0.1) is 0 Å². The quantitative estimate of drug-likeness (QED) is 0.765. The Morgan fingerprint density at radius 3 is 2.60 bits per heavy atom. The zero-order chi connectivity index (χ0) is 18.2. The summed E-state index contributed by atoms with van der Waals surface area (Å²) < 4.78 is 5.75. The number of allylic oxidation sites excluding steroid dienone is 2. The van der Waals surface area contributed by atoms with Crippen molar-refractivity contribution in [3.63, 3.8) is 0 Å². The molecular formula is C21H25NO3. The number of rotatable bonds is 8. The Morgan fingerprint density at radius 1 is 1.24 bits per heavy atom. The lowest BCUT2D eigenvalue weighted by molar-refractivity contribution is -0.125. The number of para-hydroxylation sites is 1. The number of nitrogens with two attached hydrogens (primary N) is 1. The highest BCUT2D eigenvalue weighted by atomic mass is 16.5. The van der Waals surface area contributed by atoms with E-state index >= 15 is 0 Å². The van der Waals surface area contributed by atoms with E-state index in [1.54, 1.807) is 12.1 Å². The van der Waals surface area contributed by atoms with Gasteiger partial charge in [-0.05, 0) is 42.7 Å². The van der Waals surface area contributed by atoms with Gasteiger partial charge in [-0.3, -0.25) is 4.79 Å². The summed E-state index contributed by atoms with van der Waals surface area (Å²) in [4.78, 5) is 12.4. The third-order valence-electron chi connectivity index (χ3n) is 3.95. The Hall–Kier alpha value is -2.75. The maximum Gasteiger partial charge on any atom is 0.177 e. The number of phenolic OH excluding ortho intramolecular Hbond substituents is 1. The first-order valence-corrected chi connectivity index (χ1v) is 8.47. The van der Waals surface area contributed by atoms with E-state index in [9.17, 15) is 9.90 Å². The van der Waals surface area contributed by atoms with E-state index in [4.69, 9.17) is 10.5 Å². The van der Waals surface area contributed by atoms with E-state index in [0.29, 0.717) is 24.3 Å². The van der Waals surface area contributed by atoms with Gasteiger partial charge in [-0.1, -0.05) is 43.3 Å². The molecule has 1 unspecified atom stereocenters. The van der Waals surface area contributed by atoms with E-state index in [-0.39, 0.29) is 18.0 Å². The molecule has 2 aromatic carbocycles. The second-order valence-corrected chi connectivity index (χ2v) is 6.09. The summed E-state index contributed by atoms with van der Waals surface area (Å²) in [5, 5.41) is 9.94. The number of benzene rings is 2. The molecule has 0 aliphatic rings. The van der Waals surface area contributed by atoms with Crippen LogP contribution in [0.25, 0.3) is 0 Å². The van der Waals surface area contributed by atoms with Gasteiger partial charge in [-0.2, -0.15) is 0 Å².